The molecule has 0 saturated carbocycles. The molecule has 0 aliphatic rings. The van der Waals surface area contributed by atoms with Gasteiger partial charge in [-0.1, -0.05) is 0 Å². The van der Waals surface area contributed by atoms with Crippen LogP contribution in [0.3, 0.4) is 0 Å². The van der Waals surface area contributed by atoms with Crippen molar-refractivity contribution < 1.29 is 55.2 Å². The van der Waals surface area contributed by atoms with Crippen molar-refractivity contribution in [1.29, 1.82) is 0 Å². The van der Waals surface area contributed by atoms with E-state index in [4.69, 9.17) is 10.2 Å². The third-order valence-corrected chi connectivity index (χ3v) is 1.46. The normalized spacial score (nSPS) is 9.80. The number of hydrogen-bond donors (Lipinski definition) is 2. The summed E-state index contributed by atoms with van der Waals surface area (Å²) in [6, 6.07) is 0. The molecule has 0 amide bonds. The number of hydrogen-bond acceptors (Lipinski definition) is 2. The molecule has 0 aromatic carbocycles. The zero-order valence-electron chi connectivity index (χ0n) is 5.97. The average molecular weight is 272 g/mol. The maximum Gasteiger partial charge on any atom is 1.00 e. The first kappa shape index (κ1) is 13.2. The number of aliphatic carboxylic acids is 2. The Kier molecular flexibility index (Phi) is 5.91. The Morgan fingerprint density at radius 3 is 1.60 bits per heavy atom. The molecule has 7 heteroatoms. The first-order chi connectivity index (χ1) is 3.89. The molecule has 0 radical (unpaired) electrons. The van der Waals surface area contributed by atoms with E-state index in [1.807, 2.05) is 0 Å². The summed E-state index contributed by atoms with van der Waals surface area (Å²) in [6.07, 6.45) is 0. The van der Waals surface area contributed by atoms with Crippen molar-refractivity contribution in [1.82, 2.24) is 0 Å². The fourth-order valence-electron chi connectivity index (χ4n) is 0.0915. The second kappa shape index (κ2) is 4.47. The Morgan fingerprint density at radius 1 is 1.40 bits per heavy atom. The van der Waals surface area contributed by atoms with E-state index < -0.39 is 15.6 Å². The first-order valence-electron chi connectivity index (χ1n) is 1.73. The van der Waals surface area contributed by atoms with Crippen LogP contribution in [-0.2, 0) is 9.59 Å². The van der Waals surface area contributed by atoms with Gasteiger partial charge in [-0.05, 0) is 22.6 Å². The van der Waals surface area contributed by atoms with Crippen LogP contribution in [0.4, 0.5) is 4.39 Å². The SMILES string of the molecule is O=C(O)C(F)(I)C(=O)O.[H-].[Na+]. The monoisotopic (exact) mass is 272 g/mol. The molecular weight excluding hydrogens is 269 g/mol. The molecule has 0 aliphatic heterocycles. The molecule has 4 nitrogen and oxygen atoms in total. The molecule has 54 valence electrons. The van der Waals surface area contributed by atoms with Crippen LogP contribution in [0.2, 0.25) is 0 Å². The van der Waals surface area contributed by atoms with Crippen LogP contribution in [0, 0.1) is 0 Å². The van der Waals surface area contributed by atoms with Crippen LogP contribution in [0.25, 0.3) is 0 Å². The number of alkyl halides is 2. The molecule has 0 atom stereocenters. The van der Waals surface area contributed by atoms with Crippen molar-refractivity contribution in [2.45, 2.75) is 3.68 Å². The first-order valence-corrected chi connectivity index (χ1v) is 2.81. The molecular formula is C3H3FINaO4. The molecule has 2 N–H and O–H groups in total. The van der Waals surface area contributed by atoms with Crippen LogP contribution in [0.15, 0.2) is 0 Å². The van der Waals surface area contributed by atoms with E-state index in [9.17, 15) is 14.0 Å². The standard InChI is InChI=1S/C3H2FIO4.Na.H/c4-3(5,1(6)7)2(8)9;;/h(H,6,7)(H,8,9);;/q;+1;-1. The van der Waals surface area contributed by atoms with Gasteiger partial charge in [0.1, 0.15) is 0 Å². The van der Waals surface area contributed by atoms with Gasteiger partial charge in [0, 0.05) is 0 Å². The maximum atomic E-state index is 12.1. The third kappa shape index (κ3) is 3.13. The number of carboxylic acid groups (broad SMARTS) is 2. The van der Waals surface area contributed by atoms with Crippen molar-refractivity contribution in [3.8, 4) is 0 Å². The molecule has 0 aromatic rings. The average Bonchev–Trinajstić information content (AvgIpc) is 1.65. The van der Waals surface area contributed by atoms with Crippen molar-refractivity contribution in [3.05, 3.63) is 0 Å². The van der Waals surface area contributed by atoms with Gasteiger partial charge in [0.25, 0.3) is 0 Å². The molecule has 0 aliphatic carbocycles. The predicted octanol–water partition coefficient (Wildman–Crippen LogP) is -2.63. The van der Waals surface area contributed by atoms with Crippen molar-refractivity contribution in [2.24, 2.45) is 0 Å². The smallest absolute Gasteiger partial charge is 1.00 e. The minimum absolute atomic E-state index is 0. The van der Waals surface area contributed by atoms with Crippen LogP contribution in [0.1, 0.15) is 1.43 Å². The summed E-state index contributed by atoms with van der Waals surface area (Å²) in [5, 5.41) is 15.7. The Bertz CT molecular complexity index is 147. The fraction of sp³-hybridized carbons (Fsp3) is 0.333. The van der Waals surface area contributed by atoms with Crippen LogP contribution < -0.4 is 29.6 Å². The molecule has 0 aromatic heterocycles. The zero-order chi connectivity index (χ0) is 7.65. The molecule has 0 fully saturated rings. The Labute approximate surface area is 92.7 Å². The van der Waals surface area contributed by atoms with Gasteiger partial charge in [0.15, 0.2) is 0 Å². The molecule has 0 bridgehead atoms. The van der Waals surface area contributed by atoms with Gasteiger partial charge in [-0.2, -0.15) is 0 Å². The van der Waals surface area contributed by atoms with Gasteiger partial charge < -0.3 is 11.6 Å². The van der Waals surface area contributed by atoms with Crippen LogP contribution in [0.5, 0.6) is 0 Å². The van der Waals surface area contributed by atoms with E-state index in [1.165, 1.54) is 0 Å². The van der Waals surface area contributed by atoms with Crippen LogP contribution in [-0.4, -0.2) is 25.8 Å². The molecule has 0 spiro atoms. The van der Waals surface area contributed by atoms with Gasteiger partial charge in [-0.25, -0.2) is 14.0 Å². The van der Waals surface area contributed by atoms with Gasteiger partial charge in [0.05, 0.1) is 0 Å². The van der Waals surface area contributed by atoms with Gasteiger partial charge in [0.2, 0.25) is 0 Å². The number of carboxylic acids is 2. The van der Waals surface area contributed by atoms with Gasteiger partial charge in [-0.3, -0.25) is 0 Å². The molecule has 0 heterocycles. The topological polar surface area (TPSA) is 74.6 Å². The predicted molar refractivity (Wildman–Crippen MR) is 34.2 cm³/mol. The van der Waals surface area contributed by atoms with Crippen molar-refractivity contribution in [3.63, 3.8) is 0 Å². The van der Waals surface area contributed by atoms with E-state index in [0.717, 1.165) is 0 Å². The Morgan fingerprint density at radius 2 is 1.60 bits per heavy atom. The summed E-state index contributed by atoms with van der Waals surface area (Å²) in [5.74, 6) is -4.01. The largest absolute Gasteiger partial charge is 1.00 e. The second-order valence-electron chi connectivity index (χ2n) is 1.18. The second-order valence-corrected chi connectivity index (χ2v) is 2.67. The number of carbonyl (C=O) groups is 2. The molecule has 0 saturated heterocycles. The number of rotatable bonds is 2. The van der Waals surface area contributed by atoms with Crippen LogP contribution >= 0.6 is 22.6 Å². The van der Waals surface area contributed by atoms with E-state index in [2.05, 4.69) is 0 Å². The quantitative estimate of drug-likeness (QED) is 0.250. The fourth-order valence-corrected chi connectivity index (χ4v) is 0.0915. The van der Waals surface area contributed by atoms with E-state index in [1.54, 1.807) is 0 Å². The Hall–Kier alpha value is 0.600. The third-order valence-electron chi connectivity index (χ3n) is 0.537. The summed E-state index contributed by atoms with van der Waals surface area (Å²) in [6.45, 7) is 0. The van der Waals surface area contributed by atoms with E-state index in [-0.39, 0.29) is 31.0 Å². The van der Waals surface area contributed by atoms with Gasteiger partial charge in [-0.15, -0.1) is 0 Å². The summed E-state index contributed by atoms with van der Waals surface area (Å²) in [5.41, 5.74) is 0. The summed E-state index contributed by atoms with van der Waals surface area (Å²) in [7, 11) is 0. The van der Waals surface area contributed by atoms with E-state index >= 15 is 0 Å². The zero-order valence-corrected chi connectivity index (χ0v) is 9.12. The Balaban J connectivity index is -0.000000320. The summed E-state index contributed by atoms with van der Waals surface area (Å²) in [4.78, 5) is 19.4. The molecule has 0 unspecified atom stereocenters. The maximum absolute atomic E-state index is 12.1. The number of halogens is 2. The van der Waals surface area contributed by atoms with Gasteiger partial charge >= 0.3 is 45.2 Å². The van der Waals surface area contributed by atoms with Crippen molar-refractivity contribution >= 4 is 34.5 Å². The minimum Gasteiger partial charge on any atom is -1.00 e. The van der Waals surface area contributed by atoms with Crippen molar-refractivity contribution in [2.75, 3.05) is 0 Å². The minimum atomic E-state index is -3.20. The molecule has 0 rings (SSSR count). The van der Waals surface area contributed by atoms with E-state index in [0.29, 0.717) is 22.6 Å². The molecule has 10 heavy (non-hydrogen) atoms. The summed E-state index contributed by atoms with van der Waals surface area (Å²) < 4.78 is 8.93. The summed E-state index contributed by atoms with van der Waals surface area (Å²) >= 11 is 0.690.